The maximum Gasteiger partial charge on any atom is 0.257 e. The molecule has 28 heavy (non-hydrogen) atoms. The molecule has 1 aromatic heterocycles. The van der Waals surface area contributed by atoms with Crippen LogP contribution in [0.2, 0.25) is 0 Å². The van der Waals surface area contributed by atoms with Gasteiger partial charge >= 0.3 is 0 Å². The molecule has 0 unspecified atom stereocenters. The van der Waals surface area contributed by atoms with Crippen LogP contribution in [0.1, 0.15) is 10.4 Å². The molecule has 1 amide bonds. The molecule has 1 aliphatic rings. The van der Waals surface area contributed by atoms with E-state index in [4.69, 9.17) is 0 Å². The first-order valence-electron chi connectivity index (χ1n) is 8.80. The summed E-state index contributed by atoms with van der Waals surface area (Å²) in [5.41, 5.74) is 5.32. The molecule has 0 aliphatic carbocycles. The zero-order valence-corrected chi connectivity index (χ0v) is 14.7. The molecule has 0 saturated carbocycles. The Morgan fingerprint density at radius 1 is 0.786 bits per heavy atom. The summed E-state index contributed by atoms with van der Waals surface area (Å²) in [5, 5.41) is 6.23. The van der Waals surface area contributed by atoms with E-state index < -0.39 is 0 Å². The summed E-state index contributed by atoms with van der Waals surface area (Å²) in [6.45, 7) is 0. The van der Waals surface area contributed by atoms with Gasteiger partial charge in [0.25, 0.3) is 5.91 Å². The van der Waals surface area contributed by atoms with E-state index in [-0.39, 0.29) is 11.7 Å². The Balaban J connectivity index is 1.53. The van der Waals surface area contributed by atoms with Gasteiger partial charge in [-0.2, -0.15) is 0 Å². The first kappa shape index (κ1) is 16.3. The highest BCUT2D eigenvalue weighted by Crippen LogP contribution is 2.34. The van der Waals surface area contributed by atoms with Crippen LogP contribution < -0.4 is 10.6 Å². The Kier molecular flexibility index (Phi) is 3.69. The minimum absolute atomic E-state index is 0.162. The number of anilines is 3. The van der Waals surface area contributed by atoms with E-state index in [0.29, 0.717) is 17.1 Å². The summed E-state index contributed by atoms with van der Waals surface area (Å²) in [4.78, 5) is 20.2. The second-order valence-electron chi connectivity index (χ2n) is 6.54. The van der Waals surface area contributed by atoms with E-state index in [9.17, 15) is 9.18 Å². The Hall–Kier alpha value is -3.93. The molecule has 3 aromatic carbocycles. The molecular formula is C22H15FN4O. The molecule has 0 radical (unpaired) electrons. The Bertz CT molecular complexity index is 1200. The van der Waals surface area contributed by atoms with Crippen molar-refractivity contribution in [3.63, 3.8) is 0 Å². The number of aromatic amines is 1. The molecule has 0 saturated heterocycles. The number of hydrogen-bond donors (Lipinski definition) is 3. The highest BCUT2D eigenvalue weighted by molar-refractivity contribution is 6.12. The van der Waals surface area contributed by atoms with Crippen LogP contribution in [0.25, 0.3) is 22.6 Å². The van der Waals surface area contributed by atoms with Crippen molar-refractivity contribution in [2.45, 2.75) is 0 Å². The van der Waals surface area contributed by atoms with Crippen LogP contribution in [0, 0.1) is 5.82 Å². The predicted molar refractivity (Wildman–Crippen MR) is 107 cm³/mol. The predicted octanol–water partition coefficient (Wildman–Crippen LogP) is 5.19. The van der Waals surface area contributed by atoms with Crippen LogP contribution in [0.5, 0.6) is 0 Å². The lowest BCUT2D eigenvalue weighted by molar-refractivity contribution is 0.102. The van der Waals surface area contributed by atoms with Crippen molar-refractivity contribution in [2.24, 2.45) is 0 Å². The maximum absolute atomic E-state index is 13.1. The fraction of sp³-hybridized carbons (Fsp3) is 0. The van der Waals surface area contributed by atoms with Gasteiger partial charge in [-0.3, -0.25) is 4.79 Å². The number of benzene rings is 3. The third-order valence-electron chi connectivity index (χ3n) is 4.71. The topological polar surface area (TPSA) is 69.8 Å². The van der Waals surface area contributed by atoms with E-state index in [1.807, 2.05) is 36.4 Å². The van der Waals surface area contributed by atoms with Gasteiger partial charge in [0.1, 0.15) is 11.6 Å². The number of hydrogen-bond acceptors (Lipinski definition) is 3. The van der Waals surface area contributed by atoms with Crippen LogP contribution >= 0.6 is 0 Å². The second-order valence-corrected chi connectivity index (χ2v) is 6.54. The van der Waals surface area contributed by atoms with Gasteiger partial charge in [0.05, 0.1) is 34.5 Å². The standard InChI is InChI=1S/C22H15FN4O/c23-15-8-5-13(6-9-15)20-12-24-21(26-20)14-7-10-16-19(11-14)25-17-3-1-2-4-18(17)27-22(16)28/h1-12,25H,(H,24,26)(H,27,28). The highest BCUT2D eigenvalue weighted by Gasteiger charge is 2.19. The molecule has 136 valence electrons. The van der Waals surface area contributed by atoms with Crippen LogP contribution in [0.3, 0.4) is 0 Å². The number of nitrogens with zero attached hydrogens (tertiary/aromatic N) is 1. The molecule has 5 nitrogen and oxygen atoms in total. The fourth-order valence-electron chi connectivity index (χ4n) is 3.27. The number of amides is 1. The number of H-pyrrole nitrogens is 1. The number of para-hydroxylation sites is 2. The minimum atomic E-state index is -0.279. The van der Waals surface area contributed by atoms with E-state index in [1.54, 1.807) is 24.4 Å². The van der Waals surface area contributed by atoms with Crippen molar-refractivity contribution in [3.8, 4) is 22.6 Å². The Morgan fingerprint density at radius 2 is 1.50 bits per heavy atom. The van der Waals surface area contributed by atoms with Crippen molar-refractivity contribution in [1.82, 2.24) is 9.97 Å². The number of rotatable bonds is 2. The first-order valence-corrected chi connectivity index (χ1v) is 8.80. The van der Waals surface area contributed by atoms with Crippen LogP contribution in [0.4, 0.5) is 21.5 Å². The molecule has 0 spiro atoms. The van der Waals surface area contributed by atoms with Crippen molar-refractivity contribution in [2.75, 3.05) is 10.6 Å². The van der Waals surface area contributed by atoms with E-state index in [1.165, 1.54) is 12.1 Å². The molecule has 4 aromatic rings. The summed E-state index contributed by atoms with van der Waals surface area (Å²) in [6, 6.07) is 19.3. The van der Waals surface area contributed by atoms with Gasteiger partial charge in [-0.1, -0.05) is 18.2 Å². The van der Waals surface area contributed by atoms with Gasteiger partial charge in [0.15, 0.2) is 0 Å². The van der Waals surface area contributed by atoms with Crippen LogP contribution in [-0.4, -0.2) is 15.9 Å². The minimum Gasteiger partial charge on any atom is -0.353 e. The monoisotopic (exact) mass is 370 g/mol. The summed E-state index contributed by atoms with van der Waals surface area (Å²) in [6.07, 6.45) is 1.71. The average molecular weight is 370 g/mol. The number of halogens is 1. The zero-order chi connectivity index (χ0) is 19.1. The van der Waals surface area contributed by atoms with Crippen molar-refractivity contribution >= 4 is 23.0 Å². The fourth-order valence-corrected chi connectivity index (χ4v) is 3.27. The molecule has 0 atom stereocenters. The molecule has 6 heteroatoms. The Morgan fingerprint density at radius 3 is 2.29 bits per heavy atom. The number of aromatic nitrogens is 2. The lowest BCUT2D eigenvalue weighted by Gasteiger charge is -2.09. The Labute approximate surface area is 160 Å². The van der Waals surface area contributed by atoms with Gasteiger partial charge in [0.2, 0.25) is 0 Å². The quantitative estimate of drug-likeness (QED) is 0.455. The van der Waals surface area contributed by atoms with Gasteiger partial charge in [0, 0.05) is 5.56 Å². The molecular weight excluding hydrogens is 355 g/mol. The molecule has 0 fully saturated rings. The van der Waals surface area contributed by atoms with Gasteiger partial charge in [-0.15, -0.1) is 0 Å². The summed E-state index contributed by atoms with van der Waals surface area (Å²) >= 11 is 0. The molecule has 3 N–H and O–H groups in total. The summed E-state index contributed by atoms with van der Waals surface area (Å²) in [5.74, 6) is 0.228. The number of carbonyl (C=O) groups excluding carboxylic acids is 1. The molecule has 0 bridgehead atoms. The van der Waals surface area contributed by atoms with Crippen LogP contribution in [0.15, 0.2) is 72.9 Å². The molecule has 2 heterocycles. The number of carbonyl (C=O) groups is 1. The normalized spacial score (nSPS) is 12.4. The first-order chi connectivity index (χ1) is 13.7. The third-order valence-corrected chi connectivity index (χ3v) is 4.71. The largest absolute Gasteiger partial charge is 0.353 e. The smallest absolute Gasteiger partial charge is 0.257 e. The van der Waals surface area contributed by atoms with E-state index in [0.717, 1.165) is 28.2 Å². The average Bonchev–Trinajstić information content (AvgIpc) is 3.15. The molecule has 5 rings (SSSR count). The van der Waals surface area contributed by atoms with Gasteiger partial charge < -0.3 is 15.6 Å². The SMILES string of the molecule is O=C1Nc2ccccc2Nc2cc(-c3ncc(-c4ccc(F)cc4)[nH]3)ccc21. The molecule has 1 aliphatic heterocycles. The lowest BCUT2D eigenvalue weighted by atomic mass is 10.1. The number of nitrogens with one attached hydrogen (secondary N) is 3. The van der Waals surface area contributed by atoms with Gasteiger partial charge in [-0.05, 0) is 54.1 Å². The number of fused-ring (bicyclic) bond motifs is 2. The number of imidazole rings is 1. The zero-order valence-electron chi connectivity index (χ0n) is 14.7. The third kappa shape index (κ3) is 2.81. The van der Waals surface area contributed by atoms with Crippen molar-refractivity contribution < 1.29 is 9.18 Å². The maximum atomic E-state index is 13.1. The van der Waals surface area contributed by atoms with E-state index >= 15 is 0 Å². The summed E-state index contributed by atoms with van der Waals surface area (Å²) < 4.78 is 13.1. The van der Waals surface area contributed by atoms with Crippen LogP contribution in [-0.2, 0) is 0 Å². The second kappa shape index (κ2) is 6.35. The highest BCUT2D eigenvalue weighted by atomic mass is 19.1. The van der Waals surface area contributed by atoms with Crippen molar-refractivity contribution in [3.05, 3.63) is 84.3 Å². The van der Waals surface area contributed by atoms with Crippen molar-refractivity contribution in [1.29, 1.82) is 0 Å². The summed E-state index contributed by atoms with van der Waals surface area (Å²) in [7, 11) is 0. The van der Waals surface area contributed by atoms with Gasteiger partial charge in [-0.25, -0.2) is 9.37 Å². The lowest BCUT2D eigenvalue weighted by Crippen LogP contribution is -2.10. The van der Waals surface area contributed by atoms with E-state index in [2.05, 4.69) is 20.6 Å².